The minimum Gasteiger partial charge on any atom is -0.396 e. The average molecular weight is 388 g/mol. The van der Waals surface area contributed by atoms with Crippen molar-refractivity contribution in [3.05, 3.63) is 39.8 Å². The number of piperidine rings is 1. The van der Waals surface area contributed by atoms with Crippen LogP contribution in [0.2, 0.25) is 0 Å². The number of rotatable bonds is 5. The third-order valence-electron chi connectivity index (χ3n) is 5.26. The number of aromatic nitrogens is 2. The van der Waals surface area contributed by atoms with E-state index in [9.17, 15) is 4.79 Å². The number of hydrogen-bond acceptors (Lipinski definition) is 7. The van der Waals surface area contributed by atoms with Crippen LogP contribution < -0.4 is 10.2 Å². The van der Waals surface area contributed by atoms with Gasteiger partial charge in [-0.05, 0) is 37.0 Å². The molecule has 4 heterocycles. The third kappa shape index (κ3) is 3.69. The number of aliphatic hydroxyl groups excluding tert-OH is 1. The number of amides is 1. The highest BCUT2D eigenvalue weighted by Gasteiger charge is 2.42. The summed E-state index contributed by atoms with van der Waals surface area (Å²) in [6, 6.07) is 3.84. The molecule has 0 aromatic carbocycles. The van der Waals surface area contributed by atoms with Crippen molar-refractivity contribution in [2.75, 3.05) is 37.7 Å². The molecular formula is C19H24N4O3S. The SMILES string of the molecule is O=C(NCCCO)c1cc2c(s1)CCOC21CCN(c2ncccn2)CC1. The third-order valence-corrected chi connectivity index (χ3v) is 6.45. The highest BCUT2D eigenvalue weighted by Crippen LogP contribution is 2.44. The van der Waals surface area contributed by atoms with Gasteiger partial charge < -0.3 is 20.1 Å². The Balaban J connectivity index is 1.49. The lowest BCUT2D eigenvalue weighted by atomic mass is 9.82. The molecule has 0 saturated carbocycles. The Morgan fingerprint density at radius 3 is 2.85 bits per heavy atom. The van der Waals surface area contributed by atoms with E-state index in [-0.39, 0.29) is 18.1 Å². The van der Waals surface area contributed by atoms with Gasteiger partial charge in [-0.2, -0.15) is 0 Å². The quantitative estimate of drug-likeness (QED) is 0.759. The van der Waals surface area contributed by atoms with E-state index in [0.29, 0.717) is 19.6 Å². The first kappa shape index (κ1) is 18.3. The number of anilines is 1. The number of carbonyl (C=O) groups excluding carboxylic acids is 1. The molecule has 27 heavy (non-hydrogen) atoms. The van der Waals surface area contributed by atoms with Crippen LogP contribution in [0.25, 0.3) is 0 Å². The smallest absolute Gasteiger partial charge is 0.261 e. The minimum absolute atomic E-state index is 0.0619. The Hall–Kier alpha value is -2.03. The molecule has 1 fully saturated rings. The van der Waals surface area contributed by atoms with E-state index in [1.165, 1.54) is 10.4 Å². The van der Waals surface area contributed by atoms with Gasteiger partial charge in [0.05, 0.1) is 17.1 Å². The zero-order chi connectivity index (χ0) is 18.7. The maximum absolute atomic E-state index is 12.4. The van der Waals surface area contributed by atoms with Crippen LogP contribution in [0.5, 0.6) is 0 Å². The topological polar surface area (TPSA) is 87.6 Å². The summed E-state index contributed by atoms with van der Waals surface area (Å²) in [7, 11) is 0. The molecule has 0 radical (unpaired) electrons. The summed E-state index contributed by atoms with van der Waals surface area (Å²) in [5, 5.41) is 11.7. The van der Waals surface area contributed by atoms with Crippen LogP contribution in [-0.2, 0) is 16.8 Å². The van der Waals surface area contributed by atoms with E-state index >= 15 is 0 Å². The molecule has 0 unspecified atom stereocenters. The van der Waals surface area contributed by atoms with Gasteiger partial charge in [-0.3, -0.25) is 4.79 Å². The summed E-state index contributed by atoms with van der Waals surface area (Å²) in [6.45, 7) is 2.93. The summed E-state index contributed by atoms with van der Waals surface area (Å²) in [5.74, 6) is 0.700. The molecule has 2 aromatic rings. The number of carbonyl (C=O) groups is 1. The second-order valence-corrected chi connectivity index (χ2v) is 8.05. The normalized spacial score (nSPS) is 18.3. The summed E-state index contributed by atoms with van der Waals surface area (Å²) in [6.07, 6.45) is 6.69. The van der Waals surface area contributed by atoms with Crippen molar-refractivity contribution >= 4 is 23.2 Å². The predicted molar refractivity (Wildman–Crippen MR) is 103 cm³/mol. The molecule has 2 N–H and O–H groups in total. The molecule has 2 aromatic heterocycles. The summed E-state index contributed by atoms with van der Waals surface area (Å²) < 4.78 is 6.28. The molecule has 2 aliphatic rings. The number of fused-ring (bicyclic) bond motifs is 2. The zero-order valence-electron chi connectivity index (χ0n) is 15.2. The number of nitrogens with zero attached hydrogens (tertiary/aromatic N) is 3. The maximum atomic E-state index is 12.4. The highest BCUT2D eigenvalue weighted by atomic mass is 32.1. The molecule has 1 amide bonds. The van der Waals surface area contributed by atoms with Crippen molar-refractivity contribution in [1.82, 2.24) is 15.3 Å². The Labute approximate surface area is 162 Å². The molecule has 0 aliphatic carbocycles. The summed E-state index contributed by atoms with van der Waals surface area (Å²) >= 11 is 1.57. The van der Waals surface area contributed by atoms with E-state index in [1.807, 2.05) is 12.1 Å². The summed E-state index contributed by atoms with van der Waals surface area (Å²) in [5.41, 5.74) is 0.874. The van der Waals surface area contributed by atoms with Gasteiger partial charge in [0.1, 0.15) is 0 Å². The van der Waals surface area contributed by atoms with E-state index in [0.717, 1.165) is 43.2 Å². The molecule has 7 nitrogen and oxygen atoms in total. The molecule has 144 valence electrons. The Morgan fingerprint density at radius 2 is 2.11 bits per heavy atom. The van der Waals surface area contributed by atoms with Gasteiger partial charge in [-0.25, -0.2) is 9.97 Å². The van der Waals surface area contributed by atoms with Gasteiger partial charge in [0.2, 0.25) is 5.95 Å². The monoisotopic (exact) mass is 388 g/mol. The second-order valence-electron chi connectivity index (χ2n) is 6.91. The zero-order valence-corrected chi connectivity index (χ0v) is 16.0. The van der Waals surface area contributed by atoms with Crippen molar-refractivity contribution in [3.8, 4) is 0 Å². The van der Waals surface area contributed by atoms with Gasteiger partial charge in [-0.1, -0.05) is 0 Å². The maximum Gasteiger partial charge on any atom is 0.261 e. The van der Waals surface area contributed by atoms with Crippen molar-refractivity contribution in [3.63, 3.8) is 0 Å². The Kier molecular flexibility index (Phi) is 5.38. The Bertz CT molecular complexity index is 788. The lowest BCUT2D eigenvalue weighted by Gasteiger charge is -2.44. The first-order chi connectivity index (χ1) is 13.2. The number of thiophene rings is 1. The van der Waals surface area contributed by atoms with Gasteiger partial charge in [-0.15, -0.1) is 11.3 Å². The fourth-order valence-electron chi connectivity index (χ4n) is 3.83. The fraction of sp³-hybridized carbons (Fsp3) is 0.526. The van der Waals surface area contributed by atoms with Gasteiger partial charge in [0.25, 0.3) is 5.91 Å². The lowest BCUT2D eigenvalue weighted by molar-refractivity contribution is -0.0758. The number of hydrogen-bond donors (Lipinski definition) is 2. The van der Waals surface area contributed by atoms with Crippen LogP contribution in [0.4, 0.5) is 5.95 Å². The predicted octanol–water partition coefficient (Wildman–Crippen LogP) is 1.72. The number of nitrogens with one attached hydrogen (secondary N) is 1. The van der Waals surface area contributed by atoms with Crippen LogP contribution in [0, 0.1) is 0 Å². The van der Waals surface area contributed by atoms with E-state index in [1.54, 1.807) is 23.7 Å². The molecule has 2 aliphatic heterocycles. The van der Waals surface area contributed by atoms with E-state index in [4.69, 9.17) is 9.84 Å². The Morgan fingerprint density at radius 1 is 1.33 bits per heavy atom. The largest absolute Gasteiger partial charge is 0.396 e. The van der Waals surface area contributed by atoms with Crippen LogP contribution >= 0.6 is 11.3 Å². The van der Waals surface area contributed by atoms with Crippen molar-refractivity contribution in [2.24, 2.45) is 0 Å². The lowest BCUT2D eigenvalue weighted by Crippen LogP contribution is -2.46. The van der Waals surface area contributed by atoms with Crippen molar-refractivity contribution in [2.45, 2.75) is 31.3 Å². The highest BCUT2D eigenvalue weighted by molar-refractivity contribution is 7.14. The summed E-state index contributed by atoms with van der Waals surface area (Å²) in [4.78, 5) is 25.3. The fourth-order valence-corrected chi connectivity index (χ4v) is 4.98. The second kappa shape index (κ2) is 7.92. The molecule has 8 heteroatoms. The van der Waals surface area contributed by atoms with Crippen molar-refractivity contribution in [1.29, 1.82) is 0 Å². The van der Waals surface area contributed by atoms with Crippen LogP contribution in [0.1, 0.15) is 39.4 Å². The molecule has 4 rings (SSSR count). The van der Waals surface area contributed by atoms with Gasteiger partial charge >= 0.3 is 0 Å². The standard InChI is InChI=1S/C19H24N4O3S/c24-11-2-8-20-17(25)16-13-14-15(27-16)3-12-26-19(14)4-9-23(10-5-19)18-21-6-1-7-22-18/h1,6-7,13,24H,2-5,8-12H2,(H,20,25). The van der Waals surface area contributed by atoms with Gasteiger partial charge in [0, 0.05) is 49.9 Å². The molecule has 0 atom stereocenters. The average Bonchev–Trinajstić information content (AvgIpc) is 3.16. The first-order valence-electron chi connectivity index (χ1n) is 9.40. The molecular weight excluding hydrogens is 364 g/mol. The number of ether oxygens (including phenoxy) is 1. The van der Waals surface area contributed by atoms with Gasteiger partial charge in [0.15, 0.2) is 0 Å². The van der Waals surface area contributed by atoms with Crippen LogP contribution in [0.15, 0.2) is 24.5 Å². The van der Waals surface area contributed by atoms with E-state index in [2.05, 4.69) is 20.2 Å². The number of aliphatic hydroxyl groups is 1. The molecule has 0 bridgehead atoms. The van der Waals surface area contributed by atoms with Crippen molar-refractivity contribution < 1.29 is 14.6 Å². The molecule has 1 saturated heterocycles. The first-order valence-corrected chi connectivity index (χ1v) is 10.2. The van der Waals surface area contributed by atoms with Crippen LogP contribution in [0.3, 0.4) is 0 Å². The molecule has 1 spiro atoms. The van der Waals surface area contributed by atoms with Crippen LogP contribution in [-0.4, -0.2) is 53.8 Å². The minimum atomic E-state index is -0.307. The van der Waals surface area contributed by atoms with E-state index < -0.39 is 0 Å².